The van der Waals surface area contributed by atoms with Crippen molar-refractivity contribution in [3.8, 4) is 0 Å². The summed E-state index contributed by atoms with van der Waals surface area (Å²) in [7, 11) is 0. The molecule has 0 fully saturated rings. The molecule has 0 spiro atoms. The molecule has 0 saturated carbocycles. The van der Waals surface area contributed by atoms with Crippen LogP contribution in [0.25, 0.3) is 32.3 Å². The monoisotopic (exact) mass is 416 g/mol. The molecule has 0 aliphatic heterocycles. The highest BCUT2D eigenvalue weighted by Crippen LogP contribution is 2.75. The van der Waals surface area contributed by atoms with Gasteiger partial charge in [0.15, 0.2) is 0 Å². The lowest BCUT2D eigenvalue weighted by atomic mass is 9.59. The maximum Gasteiger partial charge on any atom is 0.0648 e. The zero-order valence-electron chi connectivity index (χ0n) is 18.3. The Labute approximate surface area is 192 Å². The van der Waals surface area contributed by atoms with E-state index in [4.69, 9.17) is 0 Å². The second-order valence-corrected chi connectivity index (χ2v) is 10.1. The standard InChI is InChI=1S/C33H20/c1-19-17-22-11-6-16-27-31(22)28(18-19)33-25-14-4-9-20-7-2-12-23(29(20)25)32(27,33)24-13-3-8-21-10-5-15-26(33)30(21)24/h2-18H,1H3. The predicted octanol–water partition coefficient (Wildman–Crippen LogP) is 7.76. The average Bonchev–Trinajstić information content (AvgIpc) is 3.37. The molecule has 0 nitrogen and oxygen atoms in total. The summed E-state index contributed by atoms with van der Waals surface area (Å²) < 4.78 is 0. The normalized spacial score (nSPS) is 22.9. The van der Waals surface area contributed by atoms with Crippen LogP contribution in [0.4, 0.5) is 0 Å². The summed E-state index contributed by atoms with van der Waals surface area (Å²) in [5.74, 6) is 0. The van der Waals surface area contributed by atoms with Crippen LogP contribution in [-0.4, -0.2) is 0 Å². The van der Waals surface area contributed by atoms with E-state index < -0.39 is 0 Å². The van der Waals surface area contributed by atoms with Crippen molar-refractivity contribution in [1.82, 2.24) is 0 Å². The lowest BCUT2D eigenvalue weighted by Gasteiger charge is -2.40. The molecular formula is C33H20. The minimum atomic E-state index is -0.229. The summed E-state index contributed by atoms with van der Waals surface area (Å²) in [5.41, 5.74) is 9.74. The number of rotatable bonds is 0. The Bertz CT molecular complexity index is 1790. The zero-order valence-corrected chi connectivity index (χ0v) is 18.3. The van der Waals surface area contributed by atoms with Crippen molar-refractivity contribution in [2.45, 2.75) is 17.8 Å². The van der Waals surface area contributed by atoms with Gasteiger partial charge in [-0.05, 0) is 72.6 Å². The van der Waals surface area contributed by atoms with E-state index in [-0.39, 0.29) is 10.8 Å². The highest BCUT2D eigenvalue weighted by Gasteiger charge is 2.69. The summed E-state index contributed by atoms with van der Waals surface area (Å²) in [5, 5.41) is 8.44. The van der Waals surface area contributed by atoms with Gasteiger partial charge >= 0.3 is 0 Å². The van der Waals surface area contributed by atoms with E-state index in [1.807, 2.05) is 0 Å². The molecule has 0 atom stereocenters. The van der Waals surface area contributed by atoms with Crippen LogP contribution in [0.2, 0.25) is 0 Å². The van der Waals surface area contributed by atoms with Crippen LogP contribution in [0.15, 0.2) is 103 Å². The lowest BCUT2D eigenvalue weighted by Crippen LogP contribution is -2.42. The van der Waals surface area contributed by atoms with Crippen LogP contribution < -0.4 is 0 Å². The van der Waals surface area contributed by atoms with Crippen molar-refractivity contribution >= 4 is 32.3 Å². The number of hydrogen-bond donors (Lipinski definition) is 0. The van der Waals surface area contributed by atoms with Crippen molar-refractivity contribution in [2.24, 2.45) is 0 Å². The van der Waals surface area contributed by atoms with Crippen LogP contribution in [0.3, 0.4) is 0 Å². The van der Waals surface area contributed by atoms with Gasteiger partial charge in [0.2, 0.25) is 0 Å². The molecule has 33 heavy (non-hydrogen) atoms. The second kappa shape index (κ2) is 5.02. The van der Waals surface area contributed by atoms with Crippen LogP contribution in [0.1, 0.15) is 38.9 Å². The lowest BCUT2D eigenvalue weighted by molar-refractivity contribution is 0.491. The molecule has 0 aromatic heterocycles. The van der Waals surface area contributed by atoms with E-state index in [9.17, 15) is 0 Å². The van der Waals surface area contributed by atoms with Gasteiger partial charge in [0.05, 0.1) is 10.8 Å². The number of benzene rings is 6. The van der Waals surface area contributed by atoms with Gasteiger partial charge in [0.1, 0.15) is 0 Å². The van der Waals surface area contributed by atoms with Crippen LogP contribution in [0, 0.1) is 6.92 Å². The van der Waals surface area contributed by atoms with E-state index in [2.05, 4.69) is 110 Å². The third-order valence-corrected chi connectivity index (χ3v) is 8.92. The molecule has 152 valence electrons. The van der Waals surface area contributed by atoms with Crippen molar-refractivity contribution in [1.29, 1.82) is 0 Å². The van der Waals surface area contributed by atoms with Crippen LogP contribution >= 0.6 is 0 Å². The highest BCUT2D eigenvalue weighted by molar-refractivity contribution is 6.13. The van der Waals surface area contributed by atoms with Gasteiger partial charge in [-0.25, -0.2) is 0 Å². The smallest absolute Gasteiger partial charge is 0.0613 e. The number of hydrogen-bond acceptors (Lipinski definition) is 0. The van der Waals surface area contributed by atoms with Crippen LogP contribution in [0.5, 0.6) is 0 Å². The SMILES string of the molecule is Cc1cc2c3c(cccc3c1)C13c4cccc5cccc(c45)C21c1cccc2cccc3c12. The summed E-state index contributed by atoms with van der Waals surface area (Å²) in [4.78, 5) is 0. The Kier molecular flexibility index (Phi) is 2.54. The van der Waals surface area contributed by atoms with Gasteiger partial charge in [0, 0.05) is 0 Å². The summed E-state index contributed by atoms with van der Waals surface area (Å²) in [6.45, 7) is 2.25. The predicted molar refractivity (Wildman–Crippen MR) is 136 cm³/mol. The zero-order chi connectivity index (χ0) is 21.5. The number of aryl methyl sites for hydroxylation is 1. The van der Waals surface area contributed by atoms with Gasteiger partial charge < -0.3 is 0 Å². The molecule has 0 radical (unpaired) electrons. The fourth-order valence-electron chi connectivity index (χ4n) is 8.20. The molecule has 0 N–H and O–H groups in total. The van der Waals surface area contributed by atoms with E-state index >= 15 is 0 Å². The maximum atomic E-state index is 2.49. The van der Waals surface area contributed by atoms with Crippen molar-refractivity contribution in [2.75, 3.05) is 0 Å². The topological polar surface area (TPSA) is 0 Å². The minimum absolute atomic E-state index is 0.227. The van der Waals surface area contributed by atoms with Gasteiger partial charge in [0.25, 0.3) is 0 Å². The fraction of sp³-hybridized carbons (Fsp3) is 0.0909. The van der Waals surface area contributed by atoms with Crippen molar-refractivity contribution < 1.29 is 0 Å². The van der Waals surface area contributed by atoms with Crippen LogP contribution in [-0.2, 0) is 10.8 Å². The maximum absolute atomic E-state index is 2.49. The molecule has 3 aliphatic rings. The first kappa shape index (κ1) is 16.7. The molecule has 0 bridgehead atoms. The Balaban J connectivity index is 1.68. The van der Waals surface area contributed by atoms with Crippen molar-refractivity contribution in [3.63, 3.8) is 0 Å². The largest absolute Gasteiger partial charge is 0.0648 e. The summed E-state index contributed by atoms with van der Waals surface area (Å²) in [6, 6.07) is 39.7. The molecule has 0 heteroatoms. The van der Waals surface area contributed by atoms with E-state index in [0.29, 0.717) is 0 Å². The van der Waals surface area contributed by atoms with Crippen molar-refractivity contribution in [3.05, 3.63) is 142 Å². The highest BCUT2D eigenvalue weighted by atomic mass is 14.7. The second-order valence-electron chi connectivity index (χ2n) is 10.1. The first-order valence-electron chi connectivity index (χ1n) is 11.9. The minimum Gasteiger partial charge on any atom is -0.0613 e. The molecule has 0 amide bonds. The van der Waals surface area contributed by atoms with Gasteiger partial charge in [-0.3, -0.25) is 0 Å². The molecular weight excluding hydrogens is 396 g/mol. The Hall–Kier alpha value is -3.90. The molecule has 0 unspecified atom stereocenters. The Morgan fingerprint density at radius 3 is 1.21 bits per heavy atom. The van der Waals surface area contributed by atoms with E-state index in [1.165, 1.54) is 71.3 Å². The fourth-order valence-corrected chi connectivity index (χ4v) is 8.20. The molecule has 6 aromatic rings. The van der Waals surface area contributed by atoms with E-state index in [0.717, 1.165) is 0 Å². The summed E-state index contributed by atoms with van der Waals surface area (Å²) >= 11 is 0. The van der Waals surface area contributed by atoms with Gasteiger partial charge in [-0.2, -0.15) is 0 Å². The quantitative estimate of drug-likeness (QED) is 0.237. The Morgan fingerprint density at radius 2 is 0.758 bits per heavy atom. The first-order chi connectivity index (χ1) is 16.3. The molecule has 3 aliphatic carbocycles. The molecule has 0 saturated heterocycles. The first-order valence-corrected chi connectivity index (χ1v) is 11.9. The molecule has 0 heterocycles. The summed E-state index contributed by atoms with van der Waals surface area (Å²) in [6.07, 6.45) is 0. The third kappa shape index (κ3) is 1.44. The Morgan fingerprint density at radius 1 is 0.394 bits per heavy atom. The third-order valence-electron chi connectivity index (χ3n) is 8.92. The van der Waals surface area contributed by atoms with E-state index in [1.54, 1.807) is 0 Å². The average molecular weight is 417 g/mol. The van der Waals surface area contributed by atoms with Gasteiger partial charge in [-0.15, -0.1) is 0 Å². The molecule has 9 rings (SSSR count). The van der Waals surface area contributed by atoms with Gasteiger partial charge in [-0.1, -0.05) is 109 Å². The molecule has 6 aromatic carbocycles.